The molecule has 0 unspecified atom stereocenters. The molecule has 1 saturated carbocycles. The van der Waals surface area contributed by atoms with Crippen LogP contribution in [-0.2, 0) is 9.59 Å². The molecule has 0 aromatic carbocycles. The van der Waals surface area contributed by atoms with Gasteiger partial charge in [0, 0.05) is 13.0 Å². The molecule has 0 bridgehead atoms. The van der Waals surface area contributed by atoms with Crippen LogP contribution in [0.2, 0.25) is 0 Å². The maximum absolute atomic E-state index is 12.0. The van der Waals surface area contributed by atoms with Crippen molar-refractivity contribution in [1.29, 1.82) is 0 Å². The summed E-state index contributed by atoms with van der Waals surface area (Å²) in [4.78, 5) is 24.2. The number of hydrogen-bond acceptors (Lipinski definition) is 3. The van der Waals surface area contributed by atoms with Crippen molar-refractivity contribution in [2.75, 3.05) is 19.6 Å². The second kappa shape index (κ2) is 6.00. The zero-order chi connectivity index (χ0) is 12.9. The topological polar surface area (TPSA) is 83.6 Å². The fourth-order valence-electron chi connectivity index (χ4n) is 2.29. The predicted octanol–water partition coefficient (Wildman–Crippen LogP) is 0.829. The Hall–Kier alpha value is -1.10. The molecule has 3 N–H and O–H groups in total. The van der Waals surface area contributed by atoms with Gasteiger partial charge in [-0.15, -0.1) is 0 Å². The molecule has 5 heteroatoms. The molecule has 0 aromatic heterocycles. The van der Waals surface area contributed by atoms with Gasteiger partial charge in [-0.25, -0.2) is 0 Å². The Kier molecular flexibility index (Phi) is 4.93. The first-order valence-electron chi connectivity index (χ1n) is 6.22. The largest absolute Gasteiger partial charge is 0.480 e. The zero-order valence-electron chi connectivity index (χ0n) is 10.4. The number of hydrogen-bond donors (Lipinski definition) is 2. The molecular weight excluding hydrogens is 220 g/mol. The zero-order valence-corrected chi connectivity index (χ0v) is 10.4. The third-order valence-corrected chi connectivity index (χ3v) is 3.55. The fraction of sp³-hybridized carbons (Fsp3) is 0.833. The van der Waals surface area contributed by atoms with Gasteiger partial charge in [0.25, 0.3) is 0 Å². The molecule has 1 amide bonds. The van der Waals surface area contributed by atoms with Gasteiger partial charge in [0.05, 0.1) is 0 Å². The maximum atomic E-state index is 12.0. The number of carbonyl (C=O) groups is 2. The number of aliphatic carboxylic acids is 1. The van der Waals surface area contributed by atoms with Crippen LogP contribution in [0.1, 0.15) is 39.0 Å². The van der Waals surface area contributed by atoms with Gasteiger partial charge in [0.2, 0.25) is 5.91 Å². The van der Waals surface area contributed by atoms with Crippen LogP contribution in [0.4, 0.5) is 0 Å². The summed E-state index contributed by atoms with van der Waals surface area (Å²) >= 11 is 0. The molecule has 0 spiro atoms. The van der Waals surface area contributed by atoms with Gasteiger partial charge in [-0.05, 0) is 31.2 Å². The van der Waals surface area contributed by atoms with Crippen molar-refractivity contribution in [3.8, 4) is 0 Å². The molecule has 1 aliphatic rings. The SMILES string of the molecule is CCCN(CC(=O)O)C(=O)CC1(CN)CCC1. The number of carboxylic acids is 1. The van der Waals surface area contributed by atoms with Crippen LogP contribution in [0, 0.1) is 5.41 Å². The van der Waals surface area contributed by atoms with E-state index in [0.29, 0.717) is 19.5 Å². The predicted molar refractivity (Wildman–Crippen MR) is 64.5 cm³/mol. The molecule has 1 fully saturated rings. The maximum Gasteiger partial charge on any atom is 0.323 e. The Labute approximate surface area is 102 Å². The Bertz CT molecular complexity index is 282. The molecular formula is C12H22N2O3. The third kappa shape index (κ3) is 3.70. The molecule has 0 radical (unpaired) electrons. The minimum absolute atomic E-state index is 0.0540. The second-order valence-corrected chi connectivity index (χ2v) is 4.94. The van der Waals surface area contributed by atoms with Gasteiger partial charge < -0.3 is 15.7 Å². The molecule has 5 nitrogen and oxygen atoms in total. The van der Waals surface area contributed by atoms with Crippen molar-refractivity contribution in [3.63, 3.8) is 0 Å². The monoisotopic (exact) mass is 242 g/mol. The lowest BCUT2D eigenvalue weighted by atomic mass is 9.66. The third-order valence-electron chi connectivity index (χ3n) is 3.55. The number of rotatable bonds is 7. The van der Waals surface area contributed by atoms with E-state index in [1.54, 1.807) is 0 Å². The molecule has 1 rings (SSSR count). The highest BCUT2D eigenvalue weighted by Crippen LogP contribution is 2.43. The number of nitrogens with two attached hydrogens (primary N) is 1. The summed E-state index contributed by atoms with van der Waals surface area (Å²) in [6.45, 7) is 2.76. The molecule has 0 saturated heterocycles. The molecule has 98 valence electrons. The van der Waals surface area contributed by atoms with Crippen LogP contribution in [0.5, 0.6) is 0 Å². The highest BCUT2D eigenvalue weighted by Gasteiger charge is 2.38. The molecule has 0 aliphatic heterocycles. The number of amides is 1. The standard InChI is InChI=1S/C12H22N2O3/c1-2-6-14(8-11(16)17)10(15)7-12(9-13)4-3-5-12/h2-9,13H2,1H3,(H,16,17). The smallest absolute Gasteiger partial charge is 0.323 e. The highest BCUT2D eigenvalue weighted by atomic mass is 16.4. The molecule has 0 atom stereocenters. The van der Waals surface area contributed by atoms with Crippen LogP contribution in [0.15, 0.2) is 0 Å². The summed E-state index contributed by atoms with van der Waals surface area (Å²) in [6.07, 6.45) is 4.27. The van der Waals surface area contributed by atoms with E-state index < -0.39 is 5.97 Å². The van der Waals surface area contributed by atoms with E-state index in [1.807, 2.05) is 6.92 Å². The van der Waals surface area contributed by atoms with Crippen molar-refractivity contribution >= 4 is 11.9 Å². The summed E-state index contributed by atoms with van der Waals surface area (Å²) < 4.78 is 0. The van der Waals surface area contributed by atoms with Gasteiger partial charge in [0.1, 0.15) is 6.54 Å². The Morgan fingerprint density at radius 1 is 1.41 bits per heavy atom. The van der Waals surface area contributed by atoms with Crippen LogP contribution >= 0.6 is 0 Å². The lowest BCUT2D eigenvalue weighted by molar-refractivity contribution is -0.146. The molecule has 17 heavy (non-hydrogen) atoms. The van der Waals surface area contributed by atoms with E-state index >= 15 is 0 Å². The quantitative estimate of drug-likeness (QED) is 0.692. The highest BCUT2D eigenvalue weighted by molar-refractivity contribution is 5.81. The van der Waals surface area contributed by atoms with E-state index in [1.165, 1.54) is 4.90 Å². The van der Waals surface area contributed by atoms with E-state index in [0.717, 1.165) is 25.7 Å². The summed E-state index contributed by atoms with van der Waals surface area (Å²) in [5.41, 5.74) is 5.65. The van der Waals surface area contributed by atoms with Gasteiger partial charge in [-0.1, -0.05) is 13.3 Å². The second-order valence-electron chi connectivity index (χ2n) is 4.94. The summed E-state index contributed by atoms with van der Waals surface area (Å²) in [6, 6.07) is 0. The Morgan fingerprint density at radius 3 is 2.41 bits per heavy atom. The van der Waals surface area contributed by atoms with E-state index in [4.69, 9.17) is 10.8 Å². The first-order chi connectivity index (χ1) is 8.03. The van der Waals surface area contributed by atoms with Gasteiger partial charge >= 0.3 is 5.97 Å². The summed E-state index contributed by atoms with van der Waals surface area (Å²) in [7, 11) is 0. The lowest BCUT2D eigenvalue weighted by Gasteiger charge is -2.41. The first-order valence-corrected chi connectivity index (χ1v) is 6.22. The van der Waals surface area contributed by atoms with Crippen LogP contribution < -0.4 is 5.73 Å². The number of carbonyl (C=O) groups excluding carboxylic acids is 1. The van der Waals surface area contributed by atoms with Crippen LogP contribution in [-0.4, -0.2) is 41.5 Å². The Morgan fingerprint density at radius 2 is 2.06 bits per heavy atom. The van der Waals surface area contributed by atoms with E-state index in [2.05, 4.69) is 0 Å². The van der Waals surface area contributed by atoms with Crippen LogP contribution in [0.25, 0.3) is 0 Å². The Balaban J connectivity index is 2.54. The number of carboxylic acid groups (broad SMARTS) is 1. The number of nitrogens with zero attached hydrogens (tertiary/aromatic N) is 1. The molecule has 1 aliphatic carbocycles. The van der Waals surface area contributed by atoms with Gasteiger partial charge in [-0.3, -0.25) is 9.59 Å². The minimum Gasteiger partial charge on any atom is -0.480 e. The average molecular weight is 242 g/mol. The van der Waals surface area contributed by atoms with E-state index in [9.17, 15) is 9.59 Å². The van der Waals surface area contributed by atoms with Crippen molar-refractivity contribution < 1.29 is 14.7 Å². The average Bonchev–Trinajstić information content (AvgIpc) is 2.22. The van der Waals surface area contributed by atoms with Crippen molar-refractivity contribution in [1.82, 2.24) is 4.90 Å². The minimum atomic E-state index is -0.956. The van der Waals surface area contributed by atoms with Gasteiger partial charge in [0.15, 0.2) is 0 Å². The van der Waals surface area contributed by atoms with Crippen molar-refractivity contribution in [2.24, 2.45) is 11.1 Å². The fourth-order valence-corrected chi connectivity index (χ4v) is 2.29. The normalized spacial score (nSPS) is 17.3. The van der Waals surface area contributed by atoms with Crippen LogP contribution in [0.3, 0.4) is 0 Å². The molecule has 0 aromatic rings. The summed E-state index contributed by atoms with van der Waals surface area (Å²) in [5.74, 6) is -1.03. The lowest BCUT2D eigenvalue weighted by Crippen LogP contribution is -2.44. The summed E-state index contributed by atoms with van der Waals surface area (Å²) in [5, 5.41) is 8.77. The van der Waals surface area contributed by atoms with Gasteiger partial charge in [-0.2, -0.15) is 0 Å². The molecule has 0 heterocycles. The first kappa shape index (κ1) is 14.0. The van der Waals surface area contributed by atoms with Crippen molar-refractivity contribution in [2.45, 2.75) is 39.0 Å². The van der Waals surface area contributed by atoms with E-state index in [-0.39, 0.29) is 17.9 Å². The van der Waals surface area contributed by atoms with Crippen molar-refractivity contribution in [3.05, 3.63) is 0 Å².